The molecule has 0 aliphatic rings. The summed E-state index contributed by atoms with van der Waals surface area (Å²) in [6, 6.07) is 0. The third-order valence-electron chi connectivity index (χ3n) is 1.28. The van der Waals surface area contributed by atoms with Gasteiger partial charge in [-0.05, 0) is 0 Å². The summed E-state index contributed by atoms with van der Waals surface area (Å²) in [4.78, 5) is 0. The molecule has 0 amide bonds. The van der Waals surface area contributed by atoms with Gasteiger partial charge < -0.3 is 17.2 Å². The van der Waals surface area contributed by atoms with Crippen molar-refractivity contribution in [1.29, 1.82) is 0 Å². The standard InChI is InChI=1S/C6H19N5/c7-1-4-10-11(5-2-8)6-3-9/h10H,1-9H2. The first-order valence-corrected chi connectivity index (χ1v) is 3.93. The van der Waals surface area contributed by atoms with E-state index in [4.69, 9.17) is 17.2 Å². The van der Waals surface area contributed by atoms with Crippen molar-refractivity contribution in [2.75, 3.05) is 39.3 Å². The molecule has 0 bridgehead atoms. The van der Waals surface area contributed by atoms with E-state index in [9.17, 15) is 0 Å². The zero-order valence-corrected chi connectivity index (χ0v) is 6.92. The SMILES string of the molecule is NCCNN(CCN)CCN. The molecule has 0 spiro atoms. The van der Waals surface area contributed by atoms with Crippen LogP contribution in [0.5, 0.6) is 0 Å². The van der Waals surface area contributed by atoms with Crippen molar-refractivity contribution in [2.24, 2.45) is 17.2 Å². The van der Waals surface area contributed by atoms with Crippen LogP contribution >= 0.6 is 0 Å². The van der Waals surface area contributed by atoms with Gasteiger partial charge in [0.2, 0.25) is 0 Å². The maximum absolute atomic E-state index is 5.38. The van der Waals surface area contributed by atoms with Crippen LogP contribution in [0.1, 0.15) is 0 Å². The van der Waals surface area contributed by atoms with Gasteiger partial charge in [-0.2, -0.15) is 0 Å². The summed E-state index contributed by atoms with van der Waals surface area (Å²) in [5.41, 5.74) is 19.2. The molecule has 0 aliphatic heterocycles. The molecule has 0 heterocycles. The van der Waals surface area contributed by atoms with E-state index in [1.807, 2.05) is 5.01 Å². The van der Waals surface area contributed by atoms with Gasteiger partial charge in [-0.25, -0.2) is 5.01 Å². The molecule has 0 atom stereocenters. The van der Waals surface area contributed by atoms with E-state index in [2.05, 4.69) is 5.43 Å². The van der Waals surface area contributed by atoms with Gasteiger partial charge in [0, 0.05) is 39.3 Å². The normalized spacial score (nSPS) is 10.9. The summed E-state index contributed by atoms with van der Waals surface area (Å²) < 4.78 is 0. The van der Waals surface area contributed by atoms with E-state index in [0.29, 0.717) is 19.6 Å². The minimum Gasteiger partial charge on any atom is -0.329 e. The Morgan fingerprint density at radius 1 is 0.909 bits per heavy atom. The molecule has 68 valence electrons. The highest BCUT2D eigenvalue weighted by molar-refractivity contribution is 4.53. The molecule has 0 saturated carbocycles. The summed E-state index contributed by atoms with van der Waals surface area (Å²) in [6.45, 7) is 4.31. The predicted octanol–water partition coefficient (Wildman–Crippen LogP) is -2.33. The van der Waals surface area contributed by atoms with Gasteiger partial charge in [-0.1, -0.05) is 0 Å². The molecular formula is C6H19N5. The number of hydrogen-bond donors (Lipinski definition) is 4. The smallest absolute Gasteiger partial charge is 0.0254 e. The Balaban J connectivity index is 3.34. The molecule has 11 heavy (non-hydrogen) atoms. The minimum atomic E-state index is 0.631. The molecular weight excluding hydrogens is 142 g/mol. The summed E-state index contributed by atoms with van der Waals surface area (Å²) in [7, 11) is 0. The average Bonchev–Trinajstić information content (AvgIpc) is 2.01. The highest BCUT2D eigenvalue weighted by Crippen LogP contribution is 1.76. The first-order valence-electron chi connectivity index (χ1n) is 3.93. The number of rotatable bonds is 7. The lowest BCUT2D eigenvalue weighted by atomic mass is 10.5. The number of hydrogen-bond acceptors (Lipinski definition) is 5. The summed E-state index contributed by atoms with van der Waals surface area (Å²) >= 11 is 0. The first-order chi connectivity index (χ1) is 5.35. The van der Waals surface area contributed by atoms with Crippen LogP contribution in [-0.4, -0.2) is 44.3 Å². The van der Waals surface area contributed by atoms with E-state index >= 15 is 0 Å². The maximum Gasteiger partial charge on any atom is 0.0254 e. The van der Waals surface area contributed by atoms with E-state index in [1.165, 1.54) is 0 Å². The van der Waals surface area contributed by atoms with Crippen molar-refractivity contribution < 1.29 is 0 Å². The van der Waals surface area contributed by atoms with Crippen LogP contribution < -0.4 is 22.6 Å². The molecule has 0 aromatic heterocycles. The van der Waals surface area contributed by atoms with Gasteiger partial charge in [0.25, 0.3) is 0 Å². The van der Waals surface area contributed by atoms with Gasteiger partial charge >= 0.3 is 0 Å². The molecule has 0 unspecified atom stereocenters. The highest BCUT2D eigenvalue weighted by Gasteiger charge is 1.98. The third kappa shape index (κ3) is 6.21. The third-order valence-corrected chi connectivity index (χ3v) is 1.28. The van der Waals surface area contributed by atoms with Gasteiger partial charge in [0.15, 0.2) is 0 Å². The van der Waals surface area contributed by atoms with Crippen molar-refractivity contribution in [3.05, 3.63) is 0 Å². The van der Waals surface area contributed by atoms with E-state index in [1.54, 1.807) is 0 Å². The summed E-state index contributed by atoms with van der Waals surface area (Å²) in [5.74, 6) is 0. The lowest BCUT2D eigenvalue weighted by Gasteiger charge is -2.21. The lowest BCUT2D eigenvalue weighted by Crippen LogP contribution is -2.45. The number of nitrogens with one attached hydrogen (secondary N) is 1. The molecule has 0 rings (SSSR count). The Bertz CT molecular complexity index is 71.4. The second-order valence-corrected chi connectivity index (χ2v) is 2.26. The van der Waals surface area contributed by atoms with E-state index < -0.39 is 0 Å². The predicted molar refractivity (Wildman–Crippen MR) is 46.7 cm³/mol. The monoisotopic (exact) mass is 161 g/mol. The van der Waals surface area contributed by atoms with Crippen LogP contribution in [-0.2, 0) is 0 Å². The Kier molecular flexibility index (Phi) is 7.76. The summed E-state index contributed by atoms with van der Waals surface area (Å²) in [5, 5.41) is 1.99. The van der Waals surface area contributed by atoms with Crippen LogP contribution in [0.4, 0.5) is 0 Å². The molecule has 7 N–H and O–H groups in total. The zero-order chi connectivity index (χ0) is 8.53. The van der Waals surface area contributed by atoms with Gasteiger partial charge in [-0.3, -0.25) is 5.43 Å². The molecule has 0 radical (unpaired) electrons. The van der Waals surface area contributed by atoms with Crippen molar-refractivity contribution in [3.8, 4) is 0 Å². The molecule has 5 nitrogen and oxygen atoms in total. The maximum atomic E-state index is 5.38. The van der Waals surface area contributed by atoms with Crippen molar-refractivity contribution in [1.82, 2.24) is 10.4 Å². The molecule has 0 aliphatic carbocycles. The fourth-order valence-corrected chi connectivity index (χ4v) is 0.804. The average molecular weight is 161 g/mol. The Labute approximate surface area is 67.9 Å². The molecule has 0 aromatic carbocycles. The van der Waals surface area contributed by atoms with Crippen LogP contribution in [0.15, 0.2) is 0 Å². The summed E-state index contributed by atoms with van der Waals surface area (Å²) in [6.07, 6.45) is 0. The van der Waals surface area contributed by atoms with Gasteiger partial charge in [0.05, 0.1) is 0 Å². The fraction of sp³-hybridized carbons (Fsp3) is 1.00. The zero-order valence-electron chi connectivity index (χ0n) is 6.92. The second kappa shape index (κ2) is 7.90. The Hall–Kier alpha value is -0.200. The van der Waals surface area contributed by atoms with Crippen LogP contribution in [0.25, 0.3) is 0 Å². The largest absolute Gasteiger partial charge is 0.329 e. The molecule has 5 heteroatoms. The highest BCUT2D eigenvalue weighted by atomic mass is 15.5. The lowest BCUT2D eigenvalue weighted by molar-refractivity contribution is 0.202. The van der Waals surface area contributed by atoms with Gasteiger partial charge in [0.1, 0.15) is 0 Å². The Morgan fingerprint density at radius 2 is 1.45 bits per heavy atom. The molecule has 0 fully saturated rings. The second-order valence-electron chi connectivity index (χ2n) is 2.26. The molecule has 0 saturated heterocycles. The minimum absolute atomic E-state index is 0.631. The van der Waals surface area contributed by atoms with E-state index in [-0.39, 0.29) is 0 Å². The van der Waals surface area contributed by atoms with Crippen molar-refractivity contribution in [3.63, 3.8) is 0 Å². The number of nitrogens with two attached hydrogens (primary N) is 3. The topological polar surface area (TPSA) is 93.3 Å². The van der Waals surface area contributed by atoms with Crippen LogP contribution in [0.2, 0.25) is 0 Å². The van der Waals surface area contributed by atoms with Crippen molar-refractivity contribution >= 4 is 0 Å². The fourth-order valence-electron chi connectivity index (χ4n) is 0.804. The molecule has 0 aromatic rings. The van der Waals surface area contributed by atoms with Gasteiger partial charge in [-0.15, -0.1) is 0 Å². The number of nitrogens with zero attached hydrogens (tertiary/aromatic N) is 1. The first kappa shape index (κ1) is 10.8. The van der Waals surface area contributed by atoms with Crippen molar-refractivity contribution in [2.45, 2.75) is 0 Å². The van der Waals surface area contributed by atoms with Crippen LogP contribution in [0, 0.1) is 0 Å². The Morgan fingerprint density at radius 3 is 1.82 bits per heavy atom. The number of hydrazine groups is 1. The quantitative estimate of drug-likeness (QED) is 0.314. The van der Waals surface area contributed by atoms with Crippen LogP contribution in [0.3, 0.4) is 0 Å². The van der Waals surface area contributed by atoms with E-state index in [0.717, 1.165) is 19.6 Å².